The summed E-state index contributed by atoms with van der Waals surface area (Å²) in [5.74, 6) is 0.209. The van der Waals surface area contributed by atoms with Crippen LogP contribution < -0.4 is 0 Å². The van der Waals surface area contributed by atoms with E-state index >= 15 is 0 Å². The first kappa shape index (κ1) is 19.1. The number of aryl methyl sites for hydroxylation is 1. The summed E-state index contributed by atoms with van der Waals surface area (Å²) in [6.45, 7) is 0.480. The van der Waals surface area contributed by atoms with Gasteiger partial charge in [-0.2, -0.15) is 5.10 Å². The molecule has 2 aliphatic rings. The largest absolute Gasteiger partial charge is 0.331 e. The van der Waals surface area contributed by atoms with Gasteiger partial charge in [0.2, 0.25) is 0 Å². The van der Waals surface area contributed by atoms with E-state index in [0.717, 1.165) is 18.4 Å². The highest BCUT2D eigenvalue weighted by atomic mass is 19.3. The minimum atomic E-state index is -2.75. The zero-order valence-corrected chi connectivity index (χ0v) is 16.3. The molecular weight excluding hydrogens is 360 g/mol. The molecule has 4 rings (SSSR count). The highest BCUT2D eigenvalue weighted by Gasteiger charge is 2.36. The quantitative estimate of drug-likeness (QED) is 0.682. The van der Waals surface area contributed by atoms with E-state index in [-0.39, 0.29) is 17.5 Å². The number of aromatic nitrogens is 2. The summed E-state index contributed by atoms with van der Waals surface area (Å²) in [5, 5.41) is 3.81. The second-order valence-corrected chi connectivity index (χ2v) is 8.10. The van der Waals surface area contributed by atoms with Gasteiger partial charge in [-0.15, -0.1) is 0 Å². The van der Waals surface area contributed by atoms with Crippen molar-refractivity contribution in [3.8, 4) is 0 Å². The Hall–Kier alpha value is -2.24. The molecule has 2 saturated carbocycles. The second-order valence-electron chi connectivity index (χ2n) is 8.10. The summed E-state index contributed by atoms with van der Waals surface area (Å²) in [7, 11) is 1.57. The fourth-order valence-corrected chi connectivity index (χ4v) is 4.41. The first-order valence-corrected chi connectivity index (χ1v) is 10.2. The van der Waals surface area contributed by atoms with Crippen molar-refractivity contribution in [2.45, 2.75) is 69.9 Å². The zero-order valence-electron chi connectivity index (χ0n) is 16.3. The van der Waals surface area contributed by atoms with Crippen LogP contribution in [0.2, 0.25) is 0 Å². The van der Waals surface area contributed by atoms with E-state index in [4.69, 9.17) is 0 Å². The summed E-state index contributed by atoms with van der Waals surface area (Å²) < 4.78 is 28.0. The summed E-state index contributed by atoms with van der Waals surface area (Å²) in [4.78, 5) is 15.0. The number of hydrogen-bond acceptors (Lipinski definition) is 2. The molecule has 150 valence electrons. The molecule has 0 spiro atoms. The van der Waals surface area contributed by atoms with Crippen LogP contribution in [-0.4, -0.2) is 26.6 Å². The van der Waals surface area contributed by atoms with Gasteiger partial charge in [0.05, 0.1) is 5.56 Å². The number of benzene rings is 1. The van der Waals surface area contributed by atoms with Gasteiger partial charge in [-0.3, -0.25) is 9.48 Å². The Morgan fingerprint density at radius 1 is 1.18 bits per heavy atom. The van der Waals surface area contributed by atoms with Crippen molar-refractivity contribution >= 4 is 5.91 Å². The minimum Gasteiger partial charge on any atom is -0.331 e. The maximum atomic E-state index is 13.4. The Balaban J connectivity index is 1.61. The lowest BCUT2D eigenvalue weighted by Crippen LogP contribution is -2.33. The molecule has 0 bridgehead atoms. The Morgan fingerprint density at radius 3 is 2.57 bits per heavy atom. The highest BCUT2D eigenvalue weighted by Crippen LogP contribution is 2.37. The Kier molecular flexibility index (Phi) is 5.47. The average Bonchev–Trinajstić information content (AvgIpc) is 3.47. The fourth-order valence-electron chi connectivity index (χ4n) is 4.41. The molecule has 0 radical (unpaired) electrons. The van der Waals surface area contributed by atoms with Crippen LogP contribution in [-0.2, 0) is 13.6 Å². The lowest BCUT2D eigenvalue weighted by atomic mass is 9.82. The summed E-state index contributed by atoms with van der Waals surface area (Å²) in [6.07, 6.45) is 6.70. The third-order valence-electron chi connectivity index (χ3n) is 5.98. The number of rotatable bonds is 6. The van der Waals surface area contributed by atoms with E-state index in [9.17, 15) is 13.6 Å². The Bertz CT molecular complexity index is 838. The number of carbonyl (C=O) groups is 1. The van der Waals surface area contributed by atoms with Gasteiger partial charge in [0.25, 0.3) is 12.3 Å². The molecule has 6 heteroatoms. The SMILES string of the molecule is Cn1cc(C(=O)N(Cc2ccccc2C2CCCCC2)C2CC2)c(C(F)F)n1. The van der Waals surface area contributed by atoms with Crippen molar-refractivity contribution in [1.29, 1.82) is 0 Å². The highest BCUT2D eigenvalue weighted by molar-refractivity contribution is 5.95. The monoisotopic (exact) mass is 387 g/mol. The fraction of sp³-hybridized carbons (Fsp3) is 0.545. The molecule has 2 aliphatic carbocycles. The van der Waals surface area contributed by atoms with E-state index in [0.29, 0.717) is 12.5 Å². The van der Waals surface area contributed by atoms with Crippen molar-refractivity contribution in [3.63, 3.8) is 0 Å². The van der Waals surface area contributed by atoms with Gasteiger partial charge in [0, 0.05) is 25.8 Å². The van der Waals surface area contributed by atoms with E-state index < -0.39 is 12.1 Å². The lowest BCUT2D eigenvalue weighted by Gasteiger charge is -2.28. The van der Waals surface area contributed by atoms with Crippen molar-refractivity contribution in [3.05, 3.63) is 52.8 Å². The molecule has 0 saturated heterocycles. The van der Waals surface area contributed by atoms with Gasteiger partial charge in [-0.1, -0.05) is 43.5 Å². The standard InChI is InChI=1S/C22H27F2N3O/c1-26-14-19(20(25-26)21(23)24)22(28)27(17-11-12-17)13-16-9-5-6-10-18(16)15-7-3-2-4-8-15/h5-6,9-10,14-15,17,21H,2-4,7-8,11-13H2,1H3. The van der Waals surface area contributed by atoms with Crippen molar-refractivity contribution in [1.82, 2.24) is 14.7 Å². The van der Waals surface area contributed by atoms with E-state index in [1.165, 1.54) is 48.5 Å². The van der Waals surface area contributed by atoms with Crippen LogP contribution in [0.3, 0.4) is 0 Å². The maximum Gasteiger partial charge on any atom is 0.282 e. The summed E-state index contributed by atoms with van der Waals surface area (Å²) in [5.41, 5.74) is 2.08. The van der Waals surface area contributed by atoms with Crippen molar-refractivity contribution in [2.75, 3.05) is 0 Å². The zero-order chi connectivity index (χ0) is 19.7. The number of hydrogen-bond donors (Lipinski definition) is 0. The van der Waals surface area contributed by atoms with Crippen molar-refractivity contribution in [2.24, 2.45) is 7.05 Å². The normalized spacial score (nSPS) is 17.9. The van der Waals surface area contributed by atoms with Gasteiger partial charge >= 0.3 is 0 Å². The van der Waals surface area contributed by atoms with Gasteiger partial charge < -0.3 is 4.90 Å². The number of carbonyl (C=O) groups excluding carboxylic acids is 1. The van der Waals surface area contributed by atoms with E-state index in [1.807, 2.05) is 6.07 Å². The van der Waals surface area contributed by atoms with Crippen LogP contribution in [0.5, 0.6) is 0 Å². The molecule has 0 atom stereocenters. The van der Waals surface area contributed by atoms with Gasteiger partial charge in [0.1, 0.15) is 5.69 Å². The smallest absolute Gasteiger partial charge is 0.282 e. The molecule has 0 aliphatic heterocycles. The second kappa shape index (κ2) is 8.02. The van der Waals surface area contributed by atoms with Crippen LogP contribution >= 0.6 is 0 Å². The van der Waals surface area contributed by atoms with E-state index in [1.54, 1.807) is 11.9 Å². The summed E-state index contributed by atoms with van der Waals surface area (Å²) in [6, 6.07) is 8.47. The first-order chi connectivity index (χ1) is 13.5. The topological polar surface area (TPSA) is 38.1 Å². The van der Waals surface area contributed by atoms with Crippen LogP contribution in [0.4, 0.5) is 8.78 Å². The van der Waals surface area contributed by atoms with Crippen LogP contribution in [0.15, 0.2) is 30.5 Å². The van der Waals surface area contributed by atoms with Crippen LogP contribution in [0.1, 0.15) is 84.5 Å². The van der Waals surface area contributed by atoms with Gasteiger partial charge in [-0.25, -0.2) is 8.78 Å². The molecule has 1 aromatic heterocycles. The Labute approximate surface area is 164 Å². The summed E-state index contributed by atoms with van der Waals surface area (Å²) >= 11 is 0. The number of halogens is 2. The molecule has 0 unspecified atom stereocenters. The number of amides is 1. The predicted octanol–water partition coefficient (Wildman–Crippen LogP) is 5.21. The maximum absolute atomic E-state index is 13.4. The third-order valence-corrected chi connectivity index (χ3v) is 5.98. The van der Waals surface area contributed by atoms with Gasteiger partial charge in [-0.05, 0) is 42.7 Å². The first-order valence-electron chi connectivity index (χ1n) is 10.2. The lowest BCUT2D eigenvalue weighted by molar-refractivity contribution is 0.0717. The average molecular weight is 387 g/mol. The van der Waals surface area contributed by atoms with Gasteiger partial charge in [0.15, 0.2) is 0 Å². The molecule has 1 heterocycles. The molecule has 2 aromatic rings. The molecular formula is C22H27F2N3O. The number of nitrogens with zero attached hydrogens (tertiary/aromatic N) is 3. The Morgan fingerprint density at radius 2 is 1.89 bits per heavy atom. The number of alkyl halides is 2. The predicted molar refractivity (Wildman–Crippen MR) is 103 cm³/mol. The van der Waals surface area contributed by atoms with E-state index in [2.05, 4.69) is 23.3 Å². The molecule has 2 fully saturated rings. The molecule has 0 N–H and O–H groups in total. The molecule has 1 amide bonds. The molecule has 4 nitrogen and oxygen atoms in total. The van der Waals surface area contributed by atoms with Crippen LogP contribution in [0.25, 0.3) is 0 Å². The van der Waals surface area contributed by atoms with Crippen molar-refractivity contribution < 1.29 is 13.6 Å². The molecule has 1 aromatic carbocycles. The molecule has 28 heavy (non-hydrogen) atoms. The minimum absolute atomic E-state index is 0.0274. The third kappa shape index (κ3) is 3.96. The van der Waals surface area contributed by atoms with Crippen LogP contribution in [0, 0.1) is 0 Å².